The lowest BCUT2D eigenvalue weighted by Crippen LogP contribution is -2.43. The second-order valence-electron chi connectivity index (χ2n) is 11.9. The lowest BCUT2D eigenvalue weighted by atomic mass is 10.1. The number of nitrogens with zero attached hydrogens (tertiary/aromatic N) is 2. The number of amides is 5. The molecule has 0 aliphatic carbocycles. The zero-order valence-corrected chi connectivity index (χ0v) is 29.9. The Kier molecular flexibility index (Phi) is 14.8. The Morgan fingerprint density at radius 1 is 0.704 bits per heavy atom. The zero-order valence-electron chi connectivity index (χ0n) is 28.2. The van der Waals surface area contributed by atoms with Gasteiger partial charge in [0.1, 0.15) is 0 Å². The molecule has 1 fully saturated rings. The summed E-state index contributed by atoms with van der Waals surface area (Å²) in [7, 11) is -11.6. The standard InChI is InChI=1S/C31H36F4N4O13P2/c32-30(33,53(46,47)48)22-8-4-20(5-9-22)18-24(40)36-14-16-38(26(42)2-1-3-29(45)52-39-27(43)12-13-28(39)44)17-15-37-25(41)19-21-6-10-23(11-7-21)31(34,35)54(49,50)51/h4-11H,1-3,12-19H2,(H,36,40)(H,37,41)(H2,46,47,48)(H2,49,50,51). The second-order valence-corrected chi connectivity index (χ2v) is 15.2. The third kappa shape index (κ3) is 12.0. The molecule has 0 atom stereocenters. The first-order valence-electron chi connectivity index (χ1n) is 16.0. The first kappa shape index (κ1) is 43.9. The zero-order chi connectivity index (χ0) is 40.5. The van der Waals surface area contributed by atoms with Gasteiger partial charge in [0.2, 0.25) is 17.7 Å². The average Bonchev–Trinajstić information content (AvgIpc) is 3.39. The minimum atomic E-state index is -5.79. The van der Waals surface area contributed by atoms with E-state index in [1.165, 1.54) is 4.90 Å². The summed E-state index contributed by atoms with van der Waals surface area (Å²) in [5.74, 6) is -4.06. The molecular formula is C31H36F4N4O13P2. The van der Waals surface area contributed by atoms with E-state index in [4.69, 9.17) is 24.4 Å². The Balaban J connectivity index is 1.55. The molecule has 1 aliphatic rings. The summed E-state index contributed by atoms with van der Waals surface area (Å²) < 4.78 is 77.8. The van der Waals surface area contributed by atoms with Crippen molar-refractivity contribution in [3.05, 3.63) is 70.8 Å². The summed E-state index contributed by atoms with van der Waals surface area (Å²) in [5, 5.41) is 5.41. The number of carbonyl (C=O) groups is 6. The molecule has 17 nitrogen and oxygen atoms in total. The van der Waals surface area contributed by atoms with E-state index in [0.29, 0.717) is 5.06 Å². The number of imide groups is 1. The molecule has 5 amide bonds. The summed E-state index contributed by atoms with van der Waals surface area (Å²) in [5.41, 5.74) is -10.3. The van der Waals surface area contributed by atoms with Crippen molar-refractivity contribution in [3.8, 4) is 0 Å². The van der Waals surface area contributed by atoms with Gasteiger partial charge in [-0.3, -0.25) is 33.1 Å². The molecule has 0 spiro atoms. The monoisotopic (exact) mass is 810 g/mol. The summed E-state index contributed by atoms with van der Waals surface area (Å²) in [6.45, 7) is -0.520. The lowest BCUT2D eigenvalue weighted by Gasteiger charge is -2.23. The van der Waals surface area contributed by atoms with Crippen molar-refractivity contribution in [2.24, 2.45) is 0 Å². The van der Waals surface area contributed by atoms with Crippen molar-refractivity contribution >= 4 is 50.7 Å². The molecule has 2 aromatic rings. The highest BCUT2D eigenvalue weighted by Crippen LogP contribution is 2.60. The molecular weight excluding hydrogens is 774 g/mol. The molecule has 54 heavy (non-hydrogen) atoms. The van der Waals surface area contributed by atoms with Crippen LogP contribution in [-0.4, -0.2) is 91.2 Å². The fraction of sp³-hybridized carbons (Fsp3) is 0.419. The van der Waals surface area contributed by atoms with Gasteiger partial charge in [0.25, 0.3) is 11.8 Å². The number of halogens is 4. The van der Waals surface area contributed by atoms with Crippen LogP contribution < -0.4 is 10.6 Å². The van der Waals surface area contributed by atoms with Crippen LogP contribution in [0.4, 0.5) is 17.6 Å². The number of carbonyl (C=O) groups excluding carboxylic acids is 6. The Hall–Kier alpha value is -4.52. The molecule has 0 aromatic heterocycles. The van der Waals surface area contributed by atoms with Crippen LogP contribution in [0.25, 0.3) is 0 Å². The molecule has 0 bridgehead atoms. The van der Waals surface area contributed by atoms with Crippen molar-refractivity contribution < 1.29 is 79.9 Å². The Bertz CT molecular complexity index is 1710. The van der Waals surface area contributed by atoms with E-state index in [9.17, 15) is 55.5 Å². The van der Waals surface area contributed by atoms with E-state index in [-0.39, 0.29) is 82.3 Å². The van der Waals surface area contributed by atoms with Crippen LogP contribution in [-0.2, 0) is 66.9 Å². The maximum Gasteiger partial charge on any atom is 0.399 e. The molecule has 3 rings (SSSR count). The summed E-state index contributed by atoms with van der Waals surface area (Å²) >= 11 is 0. The van der Waals surface area contributed by atoms with E-state index in [0.717, 1.165) is 48.5 Å². The van der Waals surface area contributed by atoms with Gasteiger partial charge < -0.3 is 39.9 Å². The van der Waals surface area contributed by atoms with Gasteiger partial charge in [-0.15, -0.1) is 5.06 Å². The van der Waals surface area contributed by atoms with E-state index >= 15 is 0 Å². The van der Waals surface area contributed by atoms with Crippen LogP contribution in [0.2, 0.25) is 0 Å². The average molecular weight is 811 g/mol. The fourth-order valence-corrected chi connectivity index (χ4v) is 5.82. The number of hydrogen-bond acceptors (Lipinski definition) is 9. The second kappa shape index (κ2) is 18.2. The Morgan fingerprint density at radius 2 is 1.09 bits per heavy atom. The van der Waals surface area contributed by atoms with Crippen molar-refractivity contribution in [2.75, 3.05) is 26.2 Å². The van der Waals surface area contributed by atoms with Gasteiger partial charge in [-0.25, -0.2) is 4.79 Å². The smallest absolute Gasteiger partial charge is 0.354 e. The number of benzene rings is 2. The van der Waals surface area contributed by atoms with Gasteiger partial charge >= 0.3 is 32.5 Å². The van der Waals surface area contributed by atoms with Crippen LogP contribution in [0.1, 0.15) is 54.4 Å². The summed E-state index contributed by atoms with van der Waals surface area (Å²) in [4.78, 5) is 115. The van der Waals surface area contributed by atoms with Crippen molar-refractivity contribution in [3.63, 3.8) is 0 Å². The summed E-state index contributed by atoms with van der Waals surface area (Å²) in [6, 6.07) is 7.43. The number of nitrogens with one attached hydrogen (secondary N) is 2. The molecule has 2 aromatic carbocycles. The SMILES string of the molecule is O=C(Cc1ccc(C(F)(F)P(=O)(O)O)cc1)NCCN(CCNC(=O)Cc1ccc(C(F)(F)P(=O)(O)O)cc1)C(=O)CCCC(=O)ON1C(=O)CCC1=O. The molecule has 23 heteroatoms. The van der Waals surface area contributed by atoms with Crippen LogP contribution >= 0.6 is 15.2 Å². The van der Waals surface area contributed by atoms with Gasteiger partial charge in [-0.2, -0.15) is 17.6 Å². The first-order chi connectivity index (χ1) is 25.0. The van der Waals surface area contributed by atoms with Crippen LogP contribution in [0, 0.1) is 0 Å². The van der Waals surface area contributed by atoms with E-state index in [1.807, 2.05) is 0 Å². The lowest BCUT2D eigenvalue weighted by molar-refractivity contribution is -0.197. The van der Waals surface area contributed by atoms with Crippen molar-refractivity contribution in [2.45, 2.75) is 56.3 Å². The molecule has 6 N–H and O–H groups in total. The molecule has 1 heterocycles. The van der Waals surface area contributed by atoms with Crippen molar-refractivity contribution in [1.82, 2.24) is 20.6 Å². The minimum absolute atomic E-state index is 0.0722. The van der Waals surface area contributed by atoms with Gasteiger partial charge in [0, 0.05) is 63.0 Å². The molecule has 0 unspecified atom stereocenters. The predicted molar refractivity (Wildman–Crippen MR) is 176 cm³/mol. The third-order valence-electron chi connectivity index (χ3n) is 7.79. The third-order valence-corrected chi connectivity index (χ3v) is 9.77. The number of alkyl halides is 4. The number of hydrogen-bond donors (Lipinski definition) is 6. The molecule has 1 saturated heterocycles. The first-order valence-corrected chi connectivity index (χ1v) is 19.2. The molecule has 296 valence electrons. The fourth-order valence-electron chi connectivity index (χ4n) is 4.85. The predicted octanol–water partition coefficient (Wildman–Crippen LogP) is 1.76. The quantitative estimate of drug-likeness (QED) is 0.0673. The maximum absolute atomic E-state index is 13.9. The maximum atomic E-state index is 13.9. The Labute approximate surface area is 304 Å². The molecule has 0 saturated carbocycles. The molecule has 0 radical (unpaired) electrons. The molecule has 1 aliphatic heterocycles. The Morgan fingerprint density at radius 3 is 1.46 bits per heavy atom. The van der Waals surface area contributed by atoms with Crippen LogP contribution in [0.5, 0.6) is 0 Å². The number of rotatable bonds is 19. The largest absolute Gasteiger partial charge is 0.399 e. The van der Waals surface area contributed by atoms with Gasteiger partial charge in [-0.1, -0.05) is 48.5 Å². The van der Waals surface area contributed by atoms with E-state index in [2.05, 4.69) is 10.6 Å². The van der Waals surface area contributed by atoms with Crippen LogP contribution in [0.3, 0.4) is 0 Å². The van der Waals surface area contributed by atoms with Crippen LogP contribution in [0.15, 0.2) is 48.5 Å². The normalized spacial score (nSPS) is 13.8. The minimum Gasteiger partial charge on any atom is -0.354 e. The van der Waals surface area contributed by atoms with E-state index < -0.39 is 73.2 Å². The van der Waals surface area contributed by atoms with Crippen molar-refractivity contribution in [1.29, 1.82) is 0 Å². The highest BCUT2D eigenvalue weighted by Gasteiger charge is 2.51. The van der Waals surface area contributed by atoms with Gasteiger partial charge in [-0.05, 0) is 17.5 Å². The van der Waals surface area contributed by atoms with E-state index in [1.54, 1.807) is 0 Å². The number of hydroxylamine groups is 2. The highest BCUT2D eigenvalue weighted by atomic mass is 31.2. The van der Waals surface area contributed by atoms with Gasteiger partial charge in [0.15, 0.2) is 0 Å². The summed E-state index contributed by atoms with van der Waals surface area (Å²) in [6.07, 6.45) is -1.53. The highest BCUT2D eigenvalue weighted by molar-refractivity contribution is 7.52. The topological polar surface area (TPSA) is 257 Å². The van der Waals surface area contributed by atoms with Gasteiger partial charge in [0.05, 0.1) is 12.8 Å².